The molecule has 0 heterocycles. The largest absolute Gasteiger partial charge is 0.481 e. The van der Waals surface area contributed by atoms with Gasteiger partial charge in [-0.15, -0.1) is 0 Å². The molecule has 0 spiro atoms. The monoisotopic (exact) mass is 291 g/mol. The fourth-order valence-electron chi connectivity index (χ4n) is 2.12. The van der Waals surface area contributed by atoms with Gasteiger partial charge in [-0.3, -0.25) is 9.59 Å². The third-order valence-corrected chi connectivity index (χ3v) is 3.43. The number of carboxylic acids is 1. The normalized spacial score (nSPS) is 11.5. The number of aliphatic carboxylic acids is 1. The maximum Gasteiger partial charge on any atom is 0.305 e. The van der Waals surface area contributed by atoms with Crippen LogP contribution in [-0.2, 0) is 4.79 Å². The minimum Gasteiger partial charge on any atom is -0.481 e. The summed E-state index contributed by atoms with van der Waals surface area (Å²) in [6, 6.07) is 7.54. The lowest BCUT2D eigenvalue weighted by molar-refractivity contribution is -0.137. The number of rotatable bonds is 5. The van der Waals surface area contributed by atoms with E-state index >= 15 is 0 Å². The second-order valence-electron chi connectivity index (χ2n) is 6.55. The van der Waals surface area contributed by atoms with Crippen LogP contribution in [0.5, 0.6) is 0 Å². The summed E-state index contributed by atoms with van der Waals surface area (Å²) >= 11 is 0. The van der Waals surface area contributed by atoms with Gasteiger partial charge in [-0.25, -0.2) is 0 Å². The lowest BCUT2D eigenvalue weighted by atomic mass is 9.99. The maximum atomic E-state index is 12.6. The van der Waals surface area contributed by atoms with Crippen LogP contribution in [0.25, 0.3) is 0 Å². The molecule has 0 unspecified atom stereocenters. The number of carbonyl (C=O) groups is 2. The Morgan fingerprint density at radius 1 is 1.14 bits per heavy atom. The molecule has 1 aromatic carbocycles. The molecular formula is C17H25NO3. The second kappa shape index (κ2) is 6.74. The number of carbonyl (C=O) groups excluding carboxylic acids is 1. The van der Waals surface area contributed by atoms with Gasteiger partial charge in [0, 0.05) is 17.6 Å². The molecule has 0 bridgehead atoms. The first kappa shape index (κ1) is 17.2. The summed E-state index contributed by atoms with van der Waals surface area (Å²) in [6.45, 7) is 10.2. The van der Waals surface area contributed by atoms with Gasteiger partial charge in [-0.1, -0.05) is 26.0 Å². The van der Waals surface area contributed by atoms with Crippen LogP contribution in [-0.4, -0.2) is 34.0 Å². The first-order chi connectivity index (χ1) is 9.62. The zero-order chi connectivity index (χ0) is 16.2. The predicted octanol–water partition coefficient (Wildman–Crippen LogP) is 3.53. The lowest BCUT2D eigenvalue weighted by Crippen LogP contribution is -2.46. The van der Waals surface area contributed by atoms with Crippen LogP contribution >= 0.6 is 0 Å². The third kappa shape index (κ3) is 4.88. The molecule has 4 heteroatoms. The topological polar surface area (TPSA) is 57.6 Å². The SMILES string of the molecule is CC(C)c1ccc(C(=O)N(CCC(=O)O)C(C)(C)C)cc1. The number of nitrogens with zero attached hydrogens (tertiary/aromatic N) is 1. The average Bonchev–Trinajstić information content (AvgIpc) is 2.36. The molecule has 0 saturated heterocycles. The molecule has 0 atom stereocenters. The summed E-state index contributed by atoms with van der Waals surface area (Å²) < 4.78 is 0. The Labute approximate surface area is 126 Å². The Bertz CT molecular complexity index is 498. The Balaban J connectivity index is 2.96. The highest BCUT2D eigenvalue weighted by Crippen LogP contribution is 2.20. The first-order valence-corrected chi connectivity index (χ1v) is 7.26. The van der Waals surface area contributed by atoms with E-state index in [1.165, 1.54) is 5.56 Å². The molecule has 0 aliphatic heterocycles. The molecule has 1 amide bonds. The van der Waals surface area contributed by atoms with E-state index < -0.39 is 11.5 Å². The van der Waals surface area contributed by atoms with Crippen LogP contribution in [0.2, 0.25) is 0 Å². The van der Waals surface area contributed by atoms with E-state index in [9.17, 15) is 9.59 Å². The predicted molar refractivity (Wildman–Crippen MR) is 83.6 cm³/mol. The smallest absolute Gasteiger partial charge is 0.305 e. The Morgan fingerprint density at radius 3 is 2.05 bits per heavy atom. The Hall–Kier alpha value is -1.84. The van der Waals surface area contributed by atoms with Crippen LogP contribution in [0.3, 0.4) is 0 Å². The van der Waals surface area contributed by atoms with E-state index in [4.69, 9.17) is 5.11 Å². The van der Waals surface area contributed by atoms with Crippen LogP contribution in [0.1, 0.15) is 62.9 Å². The van der Waals surface area contributed by atoms with Crippen molar-refractivity contribution in [3.8, 4) is 0 Å². The van der Waals surface area contributed by atoms with Crippen LogP contribution < -0.4 is 0 Å². The Morgan fingerprint density at radius 2 is 1.67 bits per heavy atom. The molecular weight excluding hydrogens is 266 g/mol. The molecule has 116 valence electrons. The maximum absolute atomic E-state index is 12.6. The van der Waals surface area contributed by atoms with Crippen molar-refractivity contribution in [2.24, 2.45) is 0 Å². The van der Waals surface area contributed by atoms with Gasteiger partial charge in [-0.2, -0.15) is 0 Å². The fraction of sp³-hybridized carbons (Fsp3) is 0.529. The molecule has 0 radical (unpaired) electrons. The molecule has 0 aliphatic carbocycles. The second-order valence-corrected chi connectivity index (χ2v) is 6.55. The number of carboxylic acid groups (broad SMARTS) is 1. The molecule has 21 heavy (non-hydrogen) atoms. The first-order valence-electron chi connectivity index (χ1n) is 7.26. The minimum atomic E-state index is -0.896. The molecule has 1 N–H and O–H groups in total. The highest BCUT2D eigenvalue weighted by atomic mass is 16.4. The quantitative estimate of drug-likeness (QED) is 0.903. The third-order valence-electron chi connectivity index (χ3n) is 3.43. The van der Waals surface area contributed by atoms with E-state index in [1.807, 2.05) is 45.0 Å². The number of hydrogen-bond donors (Lipinski definition) is 1. The highest BCUT2D eigenvalue weighted by molar-refractivity contribution is 5.95. The molecule has 0 aromatic heterocycles. The zero-order valence-corrected chi connectivity index (χ0v) is 13.5. The van der Waals surface area contributed by atoms with Crippen molar-refractivity contribution in [2.45, 2.75) is 52.5 Å². The summed E-state index contributed by atoms with van der Waals surface area (Å²) in [4.78, 5) is 25.0. The van der Waals surface area contributed by atoms with Crippen molar-refractivity contribution < 1.29 is 14.7 Å². The van der Waals surface area contributed by atoms with Gasteiger partial charge in [0.15, 0.2) is 0 Å². The molecule has 0 fully saturated rings. The van der Waals surface area contributed by atoms with Gasteiger partial charge in [0.25, 0.3) is 5.91 Å². The van der Waals surface area contributed by atoms with Gasteiger partial charge in [-0.05, 0) is 44.4 Å². The highest BCUT2D eigenvalue weighted by Gasteiger charge is 2.27. The summed E-state index contributed by atoms with van der Waals surface area (Å²) in [5.41, 5.74) is 1.36. The van der Waals surface area contributed by atoms with Crippen molar-refractivity contribution in [2.75, 3.05) is 6.54 Å². The van der Waals surface area contributed by atoms with Crippen molar-refractivity contribution in [1.29, 1.82) is 0 Å². The number of benzene rings is 1. The van der Waals surface area contributed by atoms with E-state index in [0.717, 1.165) is 0 Å². The van der Waals surface area contributed by atoms with Gasteiger partial charge in [0.05, 0.1) is 6.42 Å². The van der Waals surface area contributed by atoms with Crippen molar-refractivity contribution in [1.82, 2.24) is 4.90 Å². The van der Waals surface area contributed by atoms with E-state index in [0.29, 0.717) is 11.5 Å². The summed E-state index contributed by atoms with van der Waals surface area (Å²) in [6.07, 6.45) is -0.0485. The van der Waals surface area contributed by atoms with Gasteiger partial charge < -0.3 is 10.0 Å². The fourth-order valence-corrected chi connectivity index (χ4v) is 2.12. The molecule has 0 saturated carbocycles. The van der Waals surface area contributed by atoms with E-state index in [2.05, 4.69) is 13.8 Å². The minimum absolute atomic E-state index is 0.0485. The van der Waals surface area contributed by atoms with Crippen molar-refractivity contribution in [3.05, 3.63) is 35.4 Å². The molecule has 1 aromatic rings. The van der Waals surface area contributed by atoms with Crippen molar-refractivity contribution >= 4 is 11.9 Å². The van der Waals surface area contributed by atoms with Crippen LogP contribution in [0, 0.1) is 0 Å². The Kier molecular flexibility index (Phi) is 5.53. The zero-order valence-electron chi connectivity index (χ0n) is 13.5. The van der Waals surface area contributed by atoms with Gasteiger partial charge in [0.2, 0.25) is 0 Å². The van der Waals surface area contributed by atoms with Gasteiger partial charge >= 0.3 is 5.97 Å². The van der Waals surface area contributed by atoms with Crippen molar-refractivity contribution in [3.63, 3.8) is 0 Å². The summed E-state index contributed by atoms with van der Waals surface area (Å²) in [5.74, 6) is -0.605. The summed E-state index contributed by atoms with van der Waals surface area (Å²) in [7, 11) is 0. The van der Waals surface area contributed by atoms with Crippen LogP contribution in [0.4, 0.5) is 0 Å². The standard InChI is InChI=1S/C17H25NO3/c1-12(2)13-6-8-14(9-7-13)16(21)18(17(3,4)5)11-10-15(19)20/h6-9,12H,10-11H2,1-5H3,(H,19,20). The van der Waals surface area contributed by atoms with Crippen LogP contribution in [0.15, 0.2) is 24.3 Å². The number of amides is 1. The molecule has 0 aliphatic rings. The van der Waals surface area contributed by atoms with E-state index in [-0.39, 0.29) is 18.9 Å². The van der Waals surface area contributed by atoms with E-state index in [1.54, 1.807) is 4.90 Å². The average molecular weight is 291 g/mol. The lowest BCUT2D eigenvalue weighted by Gasteiger charge is -2.35. The number of hydrogen-bond acceptors (Lipinski definition) is 2. The van der Waals surface area contributed by atoms with Gasteiger partial charge in [0.1, 0.15) is 0 Å². The molecule has 4 nitrogen and oxygen atoms in total. The summed E-state index contributed by atoms with van der Waals surface area (Å²) in [5, 5.41) is 8.84. The molecule has 1 rings (SSSR count).